The number of nitrogens with one attached hydrogen (secondary N) is 2. The maximum atomic E-state index is 11.8. The van der Waals surface area contributed by atoms with E-state index in [1.807, 2.05) is 0 Å². The van der Waals surface area contributed by atoms with E-state index in [0.717, 1.165) is 18.8 Å². The van der Waals surface area contributed by atoms with Gasteiger partial charge in [0.15, 0.2) is 0 Å². The summed E-state index contributed by atoms with van der Waals surface area (Å²) in [6, 6.07) is 0.496. The Morgan fingerprint density at radius 1 is 1.40 bits per heavy atom. The topological polar surface area (TPSA) is 41.1 Å². The molecule has 0 radical (unpaired) electrons. The van der Waals surface area contributed by atoms with E-state index in [0.29, 0.717) is 11.5 Å². The minimum absolute atomic E-state index is 0.150. The first-order valence-corrected chi connectivity index (χ1v) is 7.06. The number of hydrogen-bond donors (Lipinski definition) is 2. The van der Waals surface area contributed by atoms with Gasteiger partial charge in [0.25, 0.3) is 0 Å². The quantitative estimate of drug-likeness (QED) is 0.760. The molecule has 2 aliphatic rings. The molecule has 1 atom stereocenters. The van der Waals surface area contributed by atoms with Crippen LogP contribution in [0.15, 0.2) is 0 Å². The van der Waals surface area contributed by atoms with E-state index in [2.05, 4.69) is 30.8 Å². The van der Waals surface area contributed by atoms with Crippen molar-refractivity contribution in [1.82, 2.24) is 10.0 Å². The van der Waals surface area contributed by atoms with Crippen molar-refractivity contribution in [3.63, 3.8) is 0 Å². The Morgan fingerprint density at radius 3 is 2.40 bits per heavy atom. The molecule has 1 spiro atoms. The minimum Gasteiger partial charge on any atom is -0.316 e. The standard InChI is InChI=1S/C11H22N2OS/c1-10(2,3)8-15(14)13-9-4-11(5-9)6-12-7-11/h9,12-13H,4-8H2,1-3H3. The van der Waals surface area contributed by atoms with E-state index >= 15 is 0 Å². The molecule has 2 rings (SSSR count). The first-order valence-electron chi connectivity index (χ1n) is 5.74. The van der Waals surface area contributed by atoms with Gasteiger partial charge in [-0.25, -0.2) is 8.93 Å². The molecule has 0 bridgehead atoms. The monoisotopic (exact) mass is 230 g/mol. The van der Waals surface area contributed by atoms with E-state index < -0.39 is 11.0 Å². The number of hydrogen-bond acceptors (Lipinski definition) is 2. The molecule has 0 amide bonds. The zero-order valence-corrected chi connectivity index (χ0v) is 10.7. The Kier molecular flexibility index (Phi) is 2.95. The van der Waals surface area contributed by atoms with Crippen LogP contribution < -0.4 is 10.0 Å². The molecule has 1 unspecified atom stereocenters. The Morgan fingerprint density at radius 2 is 2.00 bits per heavy atom. The lowest BCUT2D eigenvalue weighted by molar-refractivity contribution is 0.0333. The summed E-state index contributed by atoms with van der Waals surface area (Å²) in [6.07, 6.45) is 2.41. The van der Waals surface area contributed by atoms with Crippen LogP contribution in [0, 0.1) is 10.8 Å². The van der Waals surface area contributed by atoms with Crippen molar-refractivity contribution >= 4 is 11.0 Å². The summed E-state index contributed by atoms with van der Waals surface area (Å²) < 4.78 is 15.0. The first kappa shape index (κ1) is 11.6. The lowest BCUT2D eigenvalue weighted by Crippen LogP contribution is -2.64. The summed E-state index contributed by atoms with van der Waals surface area (Å²) in [5, 5.41) is 3.31. The molecule has 2 fully saturated rings. The SMILES string of the molecule is CC(C)(C)CS(=O)NC1CC2(CNC2)C1. The van der Waals surface area contributed by atoms with Crippen LogP contribution in [-0.2, 0) is 11.0 Å². The lowest BCUT2D eigenvalue weighted by atomic mass is 9.62. The van der Waals surface area contributed by atoms with Crippen molar-refractivity contribution < 1.29 is 4.21 Å². The Labute approximate surface area is 95.0 Å². The van der Waals surface area contributed by atoms with Crippen LogP contribution in [0.1, 0.15) is 33.6 Å². The zero-order valence-electron chi connectivity index (χ0n) is 9.93. The molecule has 2 N–H and O–H groups in total. The molecule has 1 saturated heterocycles. The Bertz CT molecular complexity index is 260. The highest BCUT2D eigenvalue weighted by atomic mass is 32.2. The van der Waals surface area contributed by atoms with E-state index in [1.165, 1.54) is 12.8 Å². The van der Waals surface area contributed by atoms with E-state index in [9.17, 15) is 4.21 Å². The van der Waals surface area contributed by atoms with Gasteiger partial charge in [-0.15, -0.1) is 0 Å². The molecular formula is C11H22N2OS. The maximum Gasteiger partial charge on any atom is 0.0923 e. The second-order valence-electron chi connectivity index (χ2n) is 6.38. The van der Waals surface area contributed by atoms with Gasteiger partial charge in [0.2, 0.25) is 0 Å². The number of rotatable bonds is 3. The average Bonchev–Trinajstić information content (AvgIpc) is 1.87. The molecule has 4 heteroatoms. The van der Waals surface area contributed by atoms with Gasteiger partial charge in [0.05, 0.1) is 11.0 Å². The molecule has 0 aromatic rings. The van der Waals surface area contributed by atoms with Crippen molar-refractivity contribution in [2.45, 2.75) is 39.7 Å². The third-order valence-electron chi connectivity index (χ3n) is 3.22. The minimum atomic E-state index is -0.850. The molecule has 1 aliphatic heterocycles. The predicted octanol–water partition coefficient (Wildman–Crippen LogP) is 1.04. The predicted molar refractivity (Wildman–Crippen MR) is 63.9 cm³/mol. The van der Waals surface area contributed by atoms with Crippen LogP contribution in [0.3, 0.4) is 0 Å². The molecule has 0 aromatic heterocycles. The van der Waals surface area contributed by atoms with Gasteiger partial charge in [-0.2, -0.15) is 0 Å². The van der Waals surface area contributed by atoms with Crippen molar-refractivity contribution in [3.05, 3.63) is 0 Å². The highest BCUT2D eigenvalue weighted by Crippen LogP contribution is 2.44. The summed E-state index contributed by atoms with van der Waals surface area (Å²) in [6.45, 7) is 8.72. The van der Waals surface area contributed by atoms with Crippen molar-refractivity contribution in [2.24, 2.45) is 10.8 Å². The molecule has 88 valence electrons. The van der Waals surface area contributed by atoms with Gasteiger partial charge in [-0.05, 0) is 23.7 Å². The van der Waals surface area contributed by atoms with Gasteiger partial charge >= 0.3 is 0 Å². The molecule has 1 aliphatic carbocycles. The van der Waals surface area contributed by atoms with Gasteiger partial charge < -0.3 is 5.32 Å². The lowest BCUT2D eigenvalue weighted by Gasteiger charge is -2.54. The fourth-order valence-corrected chi connectivity index (χ4v) is 3.87. The van der Waals surface area contributed by atoms with Gasteiger partial charge in [0.1, 0.15) is 0 Å². The third-order valence-corrected chi connectivity index (χ3v) is 4.95. The average molecular weight is 230 g/mol. The summed E-state index contributed by atoms with van der Waals surface area (Å²) in [5.41, 5.74) is 0.723. The molecule has 1 saturated carbocycles. The third kappa shape index (κ3) is 2.80. The highest BCUT2D eigenvalue weighted by Gasteiger charge is 2.48. The molecular weight excluding hydrogens is 208 g/mol. The second-order valence-corrected chi connectivity index (χ2v) is 7.59. The van der Waals surface area contributed by atoms with E-state index in [-0.39, 0.29) is 5.41 Å². The fourth-order valence-electron chi connectivity index (χ4n) is 2.46. The van der Waals surface area contributed by atoms with Crippen molar-refractivity contribution in [1.29, 1.82) is 0 Å². The van der Waals surface area contributed by atoms with Gasteiger partial charge in [-0.3, -0.25) is 0 Å². The molecule has 15 heavy (non-hydrogen) atoms. The summed E-state index contributed by atoms with van der Waals surface area (Å²) in [7, 11) is -0.850. The smallest absolute Gasteiger partial charge is 0.0923 e. The van der Waals surface area contributed by atoms with Crippen LogP contribution >= 0.6 is 0 Å². The Hall–Kier alpha value is 0.0700. The summed E-state index contributed by atoms with van der Waals surface area (Å²) in [5.74, 6) is 0.745. The summed E-state index contributed by atoms with van der Waals surface area (Å²) >= 11 is 0. The van der Waals surface area contributed by atoms with Crippen LogP contribution in [0.25, 0.3) is 0 Å². The fraction of sp³-hybridized carbons (Fsp3) is 1.00. The normalized spacial score (nSPS) is 27.1. The first-order chi connectivity index (χ1) is 6.89. The second kappa shape index (κ2) is 3.82. The Balaban J connectivity index is 1.68. The van der Waals surface area contributed by atoms with Crippen LogP contribution in [-0.4, -0.2) is 29.1 Å². The van der Waals surface area contributed by atoms with Gasteiger partial charge in [0, 0.05) is 24.9 Å². The van der Waals surface area contributed by atoms with Gasteiger partial charge in [-0.1, -0.05) is 20.8 Å². The van der Waals surface area contributed by atoms with E-state index in [4.69, 9.17) is 0 Å². The largest absolute Gasteiger partial charge is 0.316 e. The highest BCUT2D eigenvalue weighted by molar-refractivity contribution is 7.83. The maximum absolute atomic E-state index is 11.8. The van der Waals surface area contributed by atoms with Crippen LogP contribution in [0.2, 0.25) is 0 Å². The molecule has 1 heterocycles. The van der Waals surface area contributed by atoms with Crippen LogP contribution in [0.5, 0.6) is 0 Å². The van der Waals surface area contributed by atoms with Crippen molar-refractivity contribution in [3.8, 4) is 0 Å². The molecule has 3 nitrogen and oxygen atoms in total. The van der Waals surface area contributed by atoms with Crippen molar-refractivity contribution in [2.75, 3.05) is 18.8 Å². The van der Waals surface area contributed by atoms with E-state index in [1.54, 1.807) is 0 Å². The van der Waals surface area contributed by atoms with Crippen LogP contribution in [0.4, 0.5) is 0 Å². The molecule has 0 aromatic carbocycles. The zero-order chi connectivity index (χ0) is 11.1. The summed E-state index contributed by atoms with van der Waals surface area (Å²) in [4.78, 5) is 0.